The van der Waals surface area contributed by atoms with Gasteiger partial charge in [-0.3, -0.25) is 4.90 Å². The molecule has 0 saturated carbocycles. The molecule has 0 amide bonds. The number of aliphatic hydroxyl groups is 1. The van der Waals surface area contributed by atoms with Crippen LogP contribution in [0.25, 0.3) is 0 Å². The largest absolute Gasteiger partial charge is 0.508 e. The molecule has 0 aliphatic carbocycles. The molecule has 0 fully saturated rings. The topological polar surface area (TPSA) is 105 Å². The first kappa shape index (κ1) is 36.8. The van der Waals surface area contributed by atoms with Gasteiger partial charge in [-0.15, -0.1) is 0 Å². The van der Waals surface area contributed by atoms with Gasteiger partial charge in [0.25, 0.3) is 0 Å². The normalized spacial score (nSPS) is 12.9. The van der Waals surface area contributed by atoms with E-state index in [1.807, 2.05) is 30.3 Å². The molecule has 4 rings (SSSR count). The zero-order valence-corrected chi connectivity index (χ0v) is 29.0. The number of unbranched alkanes of at least 4 members (excludes halogenated alkanes) is 1. The highest BCUT2D eigenvalue weighted by Gasteiger charge is 2.22. The Morgan fingerprint density at radius 3 is 2.04 bits per heavy atom. The summed E-state index contributed by atoms with van der Waals surface area (Å²) in [6.07, 6.45) is 3.77. The van der Waals surface area contributed by atoms with Gasteiger partial charge in [-0.2, -0.15) is 0 Å². The zero-order chi connectivity index (χ0) is 34.5. The standard InChI is InChI=1S/C41H54N2O5/c1-29(2)43(30(3)4)22-20-38(33-11-6-5-7-12-33)39-24-32(15-18-40(39)46)10-8-9-23-48-37-16-13-31(14-17-37)19-21-42-28-41(47)34-25-35(44)27-36(45)26-34/h5-7,11-18,24-27,29-30,38,41-42,44-47H,8-10,19-23,28H2,1-4H3/t38-,41+/m1/s1. The highest BCUT2D eigenvalue weighted by Crippen LogP contribution is 2.35. The lowest BCUT2D eigenvalue weighted by Crippen LogP contribution is -2.38. The lowest BCUT2D eigenvalue weighted by Gasteiger charge is -2.32. The van der Waals surface area contributed by atoms with Crippen molar-refractivity contribution in [1.29, 1.82) is 0 Å². The van der Waals surface area contributed by atoms with Crippen molar-refractivity contribution in [3.05, 3.63) is 119 Å². The molecule has 0 saturated heterocycles. The van der Waals surface area contributed by atoms with E-state index in [0.717, 1.165) is 55.5 Å². The Labute approximate surface area is 286 Å². The highest BCUT2D eigenvalue weighted by molar-refractivity contribution is 5.44. The Hall–Kier alpha value is -4.04. The molecule has 0 spiro atoms. The first-order chi connectivity index (χ1) is 23.1. The summed E-state index contributed by atoms with van der Waals surface area (Å²) < 4.78 is 6.02. The van der Waals surface area contributed by atoms with Crippen molar-refractivity contribution in [2.75, 3.05) is 26.2 Å². The number of hydrogen-bond acceptors (Lipinski definition) is 7. The number of ether oxygens (including phenoxy) is 1. The van der Waals surface area contributed by atoms with Crippen molar-refractivity contribution in [1.82, 2.24) is 10.2 Å². The van der Waals surface area contributed by atoms with Crippen molar-refractivity contribution in [2.24, 2.45) is 0 Å². The molecule has 2 atom stereocenters. The van der Waals surface area contributed by atoms with Gasteiger partial charge < -0.3 is 30.5 Å². The number of aromatic hydroxyl groups is 3. The number of hydrogen-bond donors (Lipinski definition) is 5. The molecule has 4 aromatic rings. The minimum absolute atomic E-state index is 0.0728. The summed E-state index contributed by atoms with van der Waals surface area (Å²) in [5.41, 5.74) is 5.11. The fourth-order valence-electron chi connectivity index (χ4n) is 6.39. The van der Waals surface area contributed by atoms with Gasteiger partial charge >= 0.3 is 0 Å². The summed E-state index contributed by atoms with van der Waals surface area (Å²) in [4.78, 5) is 2.52. The zero-order valence-electron chi connectivity index (χ0n) is 29.0. The summed E-state index contributed by atoms with van der Waals surface area (Å²) in [6, 6.07) is 29.8. The molecule has 0 aliphatic rings. The first-order valence-corrected chi connectivity index (χ1v) is 17.4. The number of rotatable bonds is 19. The van der Waals surface area contributed by atoms with Crippen LogP contribution in [-0.2, 0) is 12.8 Å². The van der Waals surface area contributed by atoms with E-state index in [1.54, 1.807) is 0 Å². The lowest BCUT2D eigenvalue weighted by molar-refractivity contribution is 0.170. The van der Waals surface area contributed by atoms with Crippen LogP contribution in [0.2, 0.25) is 0 Å². The monoisotopic (exact) mass is 654 g/mol. The number of aliphatic hydroxyl groups excluding tert-OH is 1. The molecule has 5 N–H and O–H groups in total. The fourth-order valence-corrected chi connectivity index (χ4v) is 6.39. The van der Waals surface area contributed by atoms with Crippen LogP contribution in [0.5, 0.6) is 23.0 Å². The molecule has 0 aromatic heterocycles. The number of nitrogens with zero attached hydrogens (tertiary/aromatic N) is 1. The highest BCUT2D eigenvalue weighted by atomic mass is 16.5. The van der Waals surface area contributed by atoms with Gasteiger partial charge in [0.05, 0.1) is 12.7 Å². The number of phenols is 3. The van der Waals surface area contributed by atoms with Crippen molar-refractivity contribution in [2.45, 2.75) is 83.9 Å². The van der Waals surface area contributed by atoms with Gasteiger partial charge in [0.2, 0.25) is 0 Å². The Bertz CT molecular complexity index is 1500. The van der Waals surface area contributed by atoms with Crippen molar-refractivity contribution in [3.63, 3.8) is 0 Å². The maximum atomic E-state index is 11.0. The van der Waals surface area contributed by atoms with Gasteiger partial charge in [-0.1, -0.05) is 54.6 Å². The average Bonchev–Trinajstić information content (AvgIpc) is 3.06. The third kappa shape index (κ3) is 11.3. The summed E-state index contributed by atoms with van der Waals surface area (Å²) in [7, 11) is 0. The molecule has 7 heteroatoms. The third-order valence-electron chi connectivity index (χ3n) is 8.96. The molecular weight excluding hydrogens is 600 g/mol. The SMILES string of the molecule is CC(C)N(CC[C@H](c1ccccc1)c1cc(CCCCOc2ccc(CCNC[C@H](O)c3cc(O)cc(O)c3)cc2)ccc1O)C(C)C. The van der Waals surface area contributed by atoms with E-state index in [2.05, 4.69) is 80.4 Å². The Morgan fingerprint density at radius 1 is 0.708 bits per heavy atom. The Kier molecular flexibility index (Phi) is 14.2. The molecule has 0 unspecified atom stereocenters. The van der Waals surface area contributed by atoms with Crippen molar-refractivity contribution in [3.8, 4) is 23.0 Å². The molecule has 4 aromatic carbocycles. The lowest BCUT2D eigenvalue weighted by atomic mass is 9.86. The van der Waals surface area contributed by atoms with Gasteiger partial charge in [0.15, 0.2) is 0 Å². The molecule has 0 bridgehead atoms. The van der Waals surface area contributed by atoms with Crippen molar-refractivity contribution < 1.29 is 25.2 Å². The van der Waals surface area contributed by atoms with Crippen LogP contribution in [-0.4, -0.2) is 63.7 Å². The quantitative estimate of drug-likeness (QED) is 0.0660. The van der Waals surface area contributed by atoms with Crippen LogP contribution in [0.1, 0.15) is 86.8 Å². The van der Waals surface area contributed by atoms with Crippen molar-refractivity contribution >= 4 is 0 Å². The van der Waals surface area contributed by atoms with E-state index >= 15 is 0 Å². The van der Waals surface area contributed by atoms with Gasteiger partial charge in [-0.25, -0.2) is 0 Å². The first-order valence-electron chi connectivity index (χ1n) is 17.4. The van der Waals surface area contributed by atoms with Gasteiger partial charge in [0.1, 0.15) is 23.0 Å². The van der Waals surface area contributed by atoms with Crippen LogP contribution in [0.15, 0.2) is 91.0 Å². The third-order valence-corrected chi connectivity index (χ3v) is 8.96. The van der Waals surface area contributed by atoms with Gasteiger partial charge in [-0.05, 0) is 125 Å². The average molecular weight is 655 g/mol. The second-order valence-electron chi connectivity index (χ2n) is 13.3. The number of aryl methyl sites for hydroxylation is 1. The molecule has 0 radical (unpaired) electrons. The summed E-state index contributed by atoms with van der Waals surface area (Å²) in [5, 5.41) is 43.8. The van der Waals surface area contributed by atoms with Crippen LogP contribution in [0.3, 0.4) is 0 Å². The maximum Gasteiger partial charge on any atom is 0.119 e. The summed E-state index contributed by atoms with van der Waals surface area (Å²) >= 11 is 0. The minimum atomic E-state index is -0.823. The minimum Gasteiger partial charge on any atom is -0.508 e. The van der Waals surface area contributed by atoms with E-state index in [4.69, 9.17) is 4.74 Å². The Morgan fingerprint density at radius 2 is 1.38 bits per heavy atom. The van der Waals surface area contributed by atoms with Crippen LogP contribution in [0, 0.1) is 0 Å². The van der Waals surface area contributed by atoms with Crippen LogP contribution < -0.4 is 10.1 Å². The van der Waals surface area contributed by atoms with E-state index in [0.29, 0.717) is 43.1 Å². The summed E-state index contributed by atoms with van der Waals surface area (Å²) in [5.74, 6) is 1.19. The molecular formula is C41H54N2O5. The Balaban J connectivity index is 1.22. The summed E-state index contributed by atoms with van der Waals surface area (Å²) in [6.45, 7) is 11.6. The van der Waals surface area contributed by atoms with E-state index in [9.17, 15) is 20.4 Å². The predicted molar refractivity (Wildman–Crippen MR) is 194 cm³/mol. The molecule has 48 heavy (non-hydrogen) atoms. The maximum absolute atomic E-state index is 11.0. The van der Waals surface area contributed by atoms with Crippen LogP contribution >= 0.6 is 0 Å². The molecule has 258 valence electrons. The second kappa shape index (κ2) is 18.5. The molecule has 7 nitrogen and oxygen atoms in total. The van der Waals surface area contributed by atoms with E-state index in [-0.39, 0.29) is 17.4 Å². The van der Waals surface area contributed by atoms with Gasteiger partial charge in [0, 0.05) is 36.2 Å². The number of benzene rings is 4. The smallest absolute Gasteiger partial charge is 0.119 e. The second-order valence-corrected chi connectivity index (χ2v) is 13.3. The number of phenolic OH excluding ortho intramolecular Hbond substituents is 3. The molecule has 0 aliphatic heterocycles. The number of nitrogens with one attached hydrogen (secondary N) is 1. The predicted octanol–water partition coefficient (Wildman–Crippen LogP) is 7.71. The van der Waals surface area contributed by atoms with E-state index in [1.165, 1.54) is 29.3 Å². The van der Waals surface area contributed by atoms with Crippen LogP contribution in [0.4, 0.5) is 0 Å². The van der Waals surface area contributed by atoms with E-state index < -0.39 is 6.10 Å². The molecule has 0 heterocycles. The fraction of sp³-hybridized carbons (Fsp3) is 0.415.